The summed E-state index contributed by atoms with van der Waals surface area (Å²) >= 11 is 5.59. The molecule has 5 nitrogen and oxygen atoms in total. The first-order valence-corrected chi connectivity index (χ1v) is 4.48. The molecular formula is C9H7ClN2O3. The fourth-order valence-electron chi connectivity index (χ4n) is 1.15. The highest BCUT2D eigenvalue weighted by Crippen LogP contribution is 2.28. The first-order valence-electron chi connectivity index (χ1n) is 3.95. The first-order chi connectivity index (χ1) is 7.13. The highest BCUT2D eigenvalue weighted by atomic mass is 35.5. The lowest BCUT2D eigenvalue weighted by molar-refractivity contribution is -0.385. The molecule has 0 N–H and O–H groups in total. The third-order valence-corrected chi connectivity index (χ3v) is 2.15. The fourth-order valence-corrected chi connectivity index (χ4v) is 1.36. The predicted octanol–water partition coefficient (Wildman–Crippen LogP) is 2.21. The Morgan fingerprint density at radius 1 is 1.67 bits per heavy atom. The van der Waals surface area contributed by atoms with Gasteiger partial charge in [0.15, 0.2) is 0 Å². The maximum absolute atomic E-state index is 10.7. The molecule has 0 unspecified atom stereocenters. The standard InChI is InChI=1S/C9H7ClN2O3/c1-15-7-2-6(4-10)8(5-11)9(3-7)12(13)14/h2-3H,4H2,1H3. The molecule has 0 aliphatic carbocycles. The van der Waals surface area contributed by atoms with Gasteiger partial charge in [-0.3, -0.25) is 10.1 Å². The van der Waals surface area contributed by atoms with Gasteiger partial charge in [0, 0.05) is 5.88 Å². The Hall–Kier alpha value is -1.80. The fraction of sp³-hybridized carbons (Fsp3) is 0.222. The minimum Gasteiger partial charge on any atom is -0.496 e. The van der Waals surface area contributed by atoms with E-state index < -0.39 is 4.92 Å². The molecule has 1 aromatic rings. The van der Waals surface area contributed by atoms with Crippen LogP contribution < -0.4 is 4.74 Å². The Morgan fingerprint density at radius 3 is 2.73 bits per heavy atom. The number of halogens is 1. The lowest BCUT2D eigenvalue weighted by Gasteiger charge is -2.04. The molecule has 0 saturated heterocycles. The summed E-state index contributed by atoms with van der Waals surface area (Å²) in [6.07, 6.45) is 0. The summed E-state index contributed by atoms with van der Waals surface area (Å²) in [6, 6.07) is 4.48. The monoisotopic (exact) mass is 226 g/mol. The molecule has 0 saturated carbocycles. The van der Waals surface area contributed by atoms with E-state index in [1.165, 1.54) is 19.2 Å². The van der Waals surface area contributed by atoms with Crippen molar-refractivity contribution in [1.82, 2.24) is 0 Å². The number of ether oxygens (including phenoxy) is 1. The van der Waals surface area contributed by atoms with E-state index in [2.05, 4.69) is 0 Å². The predicted molar refractivity (Wildman–Crippen MR) is 53.9 cm³/mol. The summed E-state index contributed by atoms with van der Waals surface area (Å²) in [4.78, 5) is 10.0. The number of nitro groups is 1. The van der Waals surface area contributed by atoms with Crippen LogP contribution in [-0.2, 0) is 5.88 Å². The normalized spacial score (nSPS) is 9.40. The summed E-state index contributed by atoms with van der Waals surface area (Å²) in [7, 11) is 1.39. The summed E-state index contributed by atoms with van der Waals surface area (Å²) in [6.45, 7) is 0. The van der Waals surface area contributed by atoms with Crippen LogP contribution in [0.2, 0.25) is 0 Å². The molecule has 0 atom stereocenters. The second-order valence-corrected chi connectivity index (χ2v) is 2.95. The van der Waals surface area contributed by atoms with E-state index in [0.29, 0.717) is 11.3 Å². The Kier molecular flexibility index (Phi) is 3.47. The van der Waals surface area contributed by atoms with Crippen LogP contribution in [0.3, 0.4) is 0 Å². The number of benzene rings is 1. The van der Waals surface area contributed by atoms with Crippen LogP contribution in [0, 0.1) is 21.4 Å². The number of alkyl halides is 1. The Morgan fingerprint density at radius 2 is 2.33 bits per heavy atom. The van der Waals surface area contributed by atoms with Gasteiger partial charge < -0.3 is 4.74 Å². The molecule has 0 aromatic heterocycles. The molecule has 1 aromatic carbocycles. The van der Waals surface area contributed by atoms with Crippen LogP contribution in [0.15, 0.2) is 12.1 Å². The topological polar surface area (TPSA) is 76.2 Å². The lowest BCUT2D eigenvalue weighted by Crippen LogP contribution is -1.98. The van der Waals surface area contributed by atoms with Crippen LogP contribution in [0.4, 0.5) is 5.69 Å². The number of nitro benzene ring substituents is 1. The zero-order valence-electron chi connectivity index (χ0n) is 7.86. The van der Waals surface area contributed by atoms with Gasteiger partial charge >= 0.3 is 0 Å². The van der Waals surface area contributed by atoms with E-state index in [9.17, 15) is 10.1 Å². The molecule has 0 spiro atoms. The molecule has 0 fully saturated rings. The van der Waals surface area contributed by atoms with Gasteiger partial charge in [0.05, 0.1) is 18.1 Å². The molecule has 78 valence electrons. The molecule has 0 aliphatic heterocycles. The molecule has 1 rings (SSSR count). The molecule has 15 heavy (non-hydrogen) atoms. The smallest absolute Gasteiger partial charge is 0.291 e. The second-order valence-electron chi connectivity index (χ2n) is 2.68. The van der Waals surface area contributed by atoms with Gasteiger partial charge in [-0.2, -0.15) is 5.26 Å². The van der Waals surface area contributed by atoms with Crippen LogP contribution in [0.25, 0.3) is 0 Å². The third-order valence-electron chi connectivity index (χ3n) is 1.86. The molecular weight excluding hydrogens is 220 g/mol. The van der Waals surface area contributed by atoms with Crippen molar-refractivity contribution in [3.8, 4) is 11.8 Å². The number of rotatable bonds is 3. The van der Waals surface area contributed by atoms with E-state index in [-0.39, 0.29) is 17.1 Å². The lowest BCUT2D eigenvalue weighted by atomic mass is 10.1. The minimum absolute atomic E-state index is 0.0178. The molecule has 0 bridgehead atoms. The Bertz CT molecular complexity index is 440. The molecule has 0 amide bonds. The summed E-state index contributed by atoms with van der Waals surface area (Å²) in [5.74, 6) is 0.345. The van der Waals surface area contributed by atoms with Crippen molar-refractivity contribution in [3.05, 3.63) is 33.4 Å². The average molecular weight is 227 g/mol. The van der Waals surface area contributed by atoms with Gasteiger partial charge in [-0.05, 0) is 11.6 Å². The van der Waals surface area contributed by atoms with E-state index in [1.54, 1.807) is 6.07 Å². The number of hydrogen-bond donors (Lipinski definition) is 0. The van der Waals surface area contributed by atoms with Gasteiger partial charge in [0.25, 0.3) is 5.69 Å². The van der Waals surface area contributed by atoms with Crippen molar-refractivity contribution in [1.29, 1.82) is 5.26 Å². The van der Waals surface area contributed by atoms with Crippen LogP contribution in [0.1, 0.15) is 11.1 Å². The van der Waals surface area contributed by atoms with Crippen LogP contribution >= 0.6 is 11.6 Å². The summed E-state index contributed by atoms with van der Waals surface area (Å²) < 4.78 is 4.87. The SMILES string of the molecule is COc1cc(CCl)c(C#N)c([N+](=O)[O-])c1. The van der Waals surface area contributed by atoms with Crippen molar-refractivity contribution >= 4 is 17.3 Å². The zero-order chi connectivity index (χ0) is 11.4. The second kappa shape index (κ2) is 4.62. The van der Waals surface area contributed by atoms with Crippen molar-refractivity contribution in [2.75, 3.05) is 7.11 Å². The zero-order valence-corrected chi connectivity index (χ0v) is 8.61. The van der Waals surface area contributed by atoms with Gasteiger partial charge in [-0.15, -0.1) is 11.6 Å². The van der Waals surface area contributed by atoms with Crippen molar-refractivity contribution < 1.29 is 9.66 Å². The van der Waals surface area contributed by atoms with Gasteiger partial charge in [-0.25, -0.2) is 0 Å². The molecule has 0 radical (unpaired) electrons. The van der Waals surface area contributed by atoms with Crippen molar-refractivity contribution in [3.63, 3.8) is 0 Å². The number of nitrogens with zero attached hydrogens (tertiary/aromatic N) is 2. The van der Waals surface area contributed by atoms with Gasteiger partial charge in [-0.1, -0.05) is 0 Å². The van der Waals surface area contributed by atoms with E-state index in [0.717, 1.165) is 0 Å². The first kappa shape index (κ1) is 11.3. The largest absolute Gasteiger partial charge is 0.496 e. The van der Waals surface area contributed by atoms with Crippen molar-refractivity contribution in [2.24, 2.45) is 0 Å². The third kappa shape index (κ3) is 2.17. The van der Waals surface area contributed by atoms with Crippen molar-refractivity contribution in [2.45, 2.75) is 5.88 Å². The molecule has 0 heterocycles. The highest BCUT2D eigenvalue weighted by molar-refractivity contribution is 6.17. The molecule has 6 heteroatoms. The van der Waals surface area contributed by atoms with Gasteiger partial charge in [0.2, 0.25) is 0 Å². The Balaban J connectivity index is 3.48. The average Bonchev–Trinajstić information content (AvgIpc) is 2.26. The number of methoxy groups -OCH3 is 1. The minimum atomic E-state index is -0.628. The van der Waals surface area contributed by atoms with E-state index in [4.69, 9.17) is 21.6 Å². The summed E-state index contributed by atoms with van der Waals surface area (Å²) in [5, 5.41) is 19.5. The number of nitriles is 1. The van der Waals surface area contributed by atoms with E-state index >= 15 is 0 Å². The highest BCUT2D eigenvalue weighted by Gasteiger charge is 2.19. The van der Waals surface area contributed by atoms with Crippen LogP contribution in [-0.4, -0.2) is 12.0 Å². The van der Waals surface area contributed by atoms with E-state index in [1.807, 2.05) is 0 Å². The summed E-state index contributed by atoms with van der Waals surface area (Å²) in [5.41, 5.74) is 0.0912. The maximum atomic E-state index is 10.7. The van der Waals surface area contributed by atoms with Gasteiger partial charge in [0.1, 0.15) is 17.4 Å². The molecule has 0 aliphatic rings. The maximum Gasteiger partial charge on any atom is 0.291 e. The Labute approximate surface area is 91.0 Å². The number of hydrogen-bond acceptors (Lipinski definition) is 4. The van der Waals surface area contributed by atoms with Crippen LogP contribution in [0.5, 0.6) is 5.75 Å². The quantitative estimate of drug-likeness (QED) is 0.450.